The predicted octanol–water partition coefficient (Wildman–Crippen LogP) is 2.32. The Morgan fingerprint density at radius 3 is 2.28 bits per heavy atom. The fourth-order valence-corrected chi connectivity index (χ4v) is 1.41. The summed E-state index contributed by atoms with van der Waals surface area (Å²) < 4.78 is 37.3. The average Bonchev–Trinajstić information content (AvgIpc) is 2.28. The first kappa shape index (κ1) is 14.5. The molecule has 0 fully saturated rings. The van der Waals surface area contributed by atoms with Crippen molar-refractivity contribution in [3.63, 3.8) is 0 Å². The van der Waals surface area contributed by atoms with Crippen LogP contribution in [0.15, 0.2) is 0 Å². The van der Waals surface area contributed by atoms with Crippen LogP contribution in [0.5, 0.6) is 0 Å². The molecule has 5 nitrogen and oxygen atoms in total. The molecule has 0 radical (unpaired) electrons. The van der Waals surface area contributed by atoms with Gasteiger partial charge in [0.15, 0.2) is 0 Å². The molecule has 0 bridgehead atoms. The Balaban J connectivity index is 2.81. The van der Waals surface area contributed by atoms with Gasteiger partial charge in [0.2, 0.25) is 17.7 Å². The number of nitrogens with two attached hydrogens (primary N) is 1. The van der Waals surface area contributed by atoms with Crippen molar-refractivity contribution in [3.05, 3.63) is 5.82 Å². The van der Waals surface area contributed by atoms with E-state index in [1.54, 1.807) is 0 Å². The molecule has 0 unspecified atom stereocenters. The number of rotatable bonds is 5. The van der Waals surface area contributed by atoms with E-state index in [0.29, 0.717) is 12.5 Å². The Morgan fingerprint density at radius 1 is 1.17 bits per heavy atom. The van der Waals surface area contributed by atoms with E-state index in [1.807, 2.05) is 13.8 Å². The summed E-state index contributed by atoms with van der Waals surface area (Å²) >= 11 is 0. The maximum atomic E-state index is 12.4. The van der Waals surface area contributed by atoms with E-state index in [-0.39, 0.29) is 5.95 Å². The number of nitrogens with zero attached hydrogens (tertiary/aromatic N) is 3. The van der Waals surface area contributed by atoms with Crippen LogP contribution in [-0.4, -0.2) is 21.5 Å². The van der Waals surface area contributed by atoms with E-state index in [9.17, 15) is 13.2 Å². The van der Waals surface area contributed by atoms with Crippen LogP contribution in [0, 0.1) is 5.92 Å². The highest BCUT2D eigenvalue weighted by atomic mass is 19.4. The first-order valence-electron chi connectivity index (χ1n) is 5.69. The molecule has 0 aromatic carbocycles. The van der Waals surface area contributed by atoms with Gasteiger partial charge in [-0.05, 0) is 5.92 Å². The molecule has 0 aliphatic heterocycles. The zero-order chi connectivity index (χ0) is 13.8. The lowest BCUT2D eigenvalue weighted by Crippen LogP contribution is -2.19. The fraction of sp³-hybridized carbons (Fsp3) is 0.700. The molecule has 0 atom stereocenters. The number of alkyl halides is 3. The summed E-state index contributed by atoms with van der Waals surface area (Å²) in [6.07, 6.45) is -2.77. The molecule has 18 heavy (non-hydrogen) atoms. The van der Waals surface area contributed by atoms with E-state index in [2.05, 4.69) is 20.3 Å². The molecule has 102 valence electrons. The Bertz CT molecular complexity index is 390. The van der Waals surface area contributed by atoms with Gasteiger partial charge in [-0.15, -0.1) is 0 Å². The van der Waals surface area contributed by atoms with Gasteiger partial charge in [-0.2, -0.15) is 28.1 Å². The minimum Gasteiger partial charge on any atom is -0.368 e. The third kappa shape index (κ3) is 4.01. The summed E-state index contributed by atoms with van der Waals surface area (Å²) in [5.74, 6) is -1.49. The van der Waals surface area contributed by atoms with Crippen molar-refractivity contribution >= 4 is 11.9 Å². The van der Waals surface area contributed by atoms with E-state index in [0.717, 1.165) is 12.8 Å². The topological polar surface area (TPSA) is 76.7 Å². The Morgan fingerprint density at radius 2 is 1.78 bits per heavy atom. The molecule has 8 heteroatoms. The third-order valence-electron chi connectivity index (χ3n) is 2.61. The van der Waals surface area contributed by atoms with Gasteiger partial charge in [0, 0.05) is 6.54 Å². The second-order valence-electron chi connectivity index (χ2n) is 3.90. The number of nitrogen functional groups attached to an aromatic ring is 1. The molecule has 0 aliphatic rings. The van der Waals surface area contributed by atoms with E-state index in [4.69, 9.17) is 5.73 Å². The summed E-state index contributed by atoms with van der Waals surface area (Å²) in [6, 6.07) is 0. The highest BCUT2D eigenvalue weighted by molar-refractivity contribution is 5.31. The van der Waals surface area contributed by atoms with Gasteiger partial charge in [-0.3, -0.25) is 0 Å². The molecule has 1 heterocycles. The highest BCUT2D eigenvalue weighted by Gasteiger charge is 2.35. The minimum atomic E-state index is -4.62. The maximum Gasteiger partial charge on any atom is 0.451 e. The zero-order valence-corrected chi connectivity index (χ0v) is 10.3. The van der Waals surface area contributed by atoms with Crippen molar-refractivity contribution in [2.45, 2.75) is 32.9 Å². The molecule has 0 aliphatic carbocycles. The molecular weight excluding hydrogens is 247 g/mol. The van der Waals surface area contributed by atoms with Gasteiger partial charge in [0.25, 0.3) is 0 Å². The molecule has 1 aromatic rings. The van der Waals surface area contributed by atoms with Crippen molar-refractivity contribution in [1.29, 1.82) is 0 Å². The van der Waals surface area contributed by atoms with Crippen molar-refractivity contribution in [2.75, 3.05) is 17.6 Å². The monoisotopic (exact) mass is 263 g/mol. The number of halogens is 3. The van der Waals surface area contributed by atoms with Gasteiger partial charge in [0.1, 0.15) is 0 Å². The molecule has 1 aromatic heterocycles. The predicted molar refractivity (Wildman–Crippen MR) is 61.8 cm³/mol. The number of anilines is 2. The number of hydrogen-bond acceptors (Lipinski definition) is 5. The van der Waals surface area contributed by atoms with Gasteiger partial charge in [-0.25, -0.2) is 0 Å². The normalized spacial score (nSPS) is 11.9. The highest BCUT2D eigenvalue weighted by Crippen LogP contribution is 2.26. The van der Waals surface area contributed by atoms with Crippen LogP contribution in [0.1, 0.15) is 32.5 Å². The summed E-state index contributed by atoms with van der Waals surface area (Å²) in [5.41, 5.74) is 5.23. The number of aromatic nitrogens is 3. The quantitative estimate of drug-likeness (QED) is 0.852. The molecular formula is C10H16F3N5. The van der Waals surface area contributed by atoms with Crippen LogP contribution in [0.4, 0.5) is 25.1 Å². The lowest BCUT2D eigenvalue weighted by atomic mass is 10.0. The Hall–Kier alpha value is -1.60. The van der Waals surface area contributed by atoms with Gasteiger partial charge in [-0.1, -0.05) is 26.7 Å². The molecule has 0 amide bonds. The maximum absolute atomic E-state index is 12.4. The SMILES string of the molecule is CCC(CC)CNc1nc(N)nc(C(F)(F)F)n1. The summed E-state index contributed by atoms with van der Waals surface area (Å²) in [6.45, 7) is 4.53. The minimum absolute atomic E-state index is 0.137. The third-order valence-corrected chi connectivity index (χ3v) is 2.61. The first-order valence-corrected chi connectivity index (χ1v) is 5.69. The largest absolute Gasteiger partial charge is 0.451 e. The number of hydrogen-bond donors (Lipinski definition) is 2. The van der Waals surface area contributed by atoms with Crippen LogP contribution in [-0.2, 0) is 6.18 Å². The van der Waals surface area contributed by atoms with Crippen molar-refractivity contribution in [1.82, 2.24) is 15.0 Å². The molecule has 0 saturated heterocycles. The van der Waals surface area contributed by atoms with Crippen molar-refractivity contribution in [2.24, 2.45) is 5.92 Å². The van der Waals surface area contributed by atoms with E-state index in [1.165, 1.54) is 0 Å². The lowest BCUT2D eigenvalue weighted by molar-refractivity contribution is -0.144. The number of nitrogens with one attached hydrogen (secondary N) is 1. The van der Waals surface area contributed by atoms with Crippen LogP contribution in [0.3, 0.4) is 0 Å². The fourth-order valence-electron chi connectivity index (χ4n) is 1.41. The average molecular weight is 263 g/mol. The first-order chi connectivity index (χ1) is 8.36. The Kier molecular flexibility index (Phi) is 4.69. The second-order valence-corrected chi connectivity index (χ2v) is 3.90. The zero-order valence-electron chi connectivity index (χ0n) is 10.3. The molecule has 3 N–H and O–H groups in total. The molecule has 1 rings (SSSR count). The smallest absolute Gasteiger partial charge is 0.368 e. The standard InChI is InChI=1S/C10H16F3N5/c1-3-6(4-2)5-15-9-17-7(10(11,12)13)16-8(14)18-9/h6H,3-5H2,1-2H3,(H3,14,15,16,17,18). The second kappa shape index (κ2) is 5.83. The molecule has 0 spiro atoms. The van der Waals surface area contributed by atoms with Crippen LogP contribution in [0.25, 0.3) is 0 Å². The Labute approximate surface area is 103 Å². The van der Waals surface area contributed by atoms with Crippen LogP contribution < -0.4 is 11.1 Å². The van der Waals surface area contributed by atoms with Gasteiger partial charge < -0.3 is 11.1 Å². The lowest BCUT2D eigenvalue weighted by Gasteiger charge is -2.14. The van der Waals surface area contributed by atoms with Gasteiger partial charge >= 0.3 is 6.18 Å². The summed E-state index contributed by atoms with van der Waals surface area (Å²) in [7, 11) is 0. The van der Waals surface area contributed by atoms with Crippen molar-refractivity contribution in [3.8, 4) is 0 Å². The van der Waals surface area contributed by atoms with E-state index < -0.39 is 17.9 Å². The van der Waals surface area contributed by atoms with Crippen LogP contribution >= 0.6 is 0 Å². The van der Waals surface area contributed by atoms with E-state index >= 15 is 0 Å². The summed E-state index contributed by atoms with van der Waals surface area (Å²) in [5, 5.41) is 2.76. The summed E-state index contributed by atoms with van der Waals surface area (Å²) in [4.78, 5) is 10.0. The van der Waals surface area contributed by atoms with Crippen molar-refractivity contribution < 1.29 is 13.2 Å². The van der Waals surface area contributed by atoms with Gasteiger partial charge in [0.05, 0.1) is 0 Å². The molecule has 0 saturated carbocycles. The van der Waals surface area contributed by atoms with Crippen LogP contribution in [0.2, 0.25) is 0 Å².